The standard InChI is InChI=1S/C19H26ClNO2/c1-14(20)17-11-16-7-8-19(22-9-10-23-19)12-18(16)21(17)13-15-5-3-2-4-6-15/h2-6,14,16-18H,7-13H2,1H3/t14-,16+,17-,18+/m0/s1. The summed E-state index contributed by atoms with van der Waals surface area (Å²) in [5.41, 5.74) is 1.36. The van der Waals surface area contributed by atoms with Gasteiger partial charge in [0.05, 0.1) is 13.2 Å². The van der Waals surface area contributed by atoms with Gasteiger partial charge in [0.1, 0.15) is 0 Å². The lowest BCUT2D eigenvalue weighted by molar-refractivity contribution is -0.192. The second-order valence-electron chi connectivity index (χ2n) is 7.32. The number of halogens is 1. The first-order chi connectivity index (χ1) is 11.2. The van der Waals surface area contributed by atoms with Crippen molar-refractivity contribution in [3.63, 3.8) is 0 Å². The van der Waals surface area contributed by atoms with E-state index in [-0.39, 0.29) is 11.2 Å². The molecular weight excluding hydrogens is 310 g/mol. The maximum absolute atomic E-state index is 6.56. The molecule has 4 heteroatoms. The highest BCUT2D eigenvalue weighted by atomic mass is 35.5. The molecule has 1 spiro atoms. The van der Waals surface area contributed by atoms with Gasteiger partial charge in [0.15, 0.2) is 5.79 Å². The Morgan fingerprint density at radius 2 is 2.00 bits per heavy atom. The van der Waals surface area contributed by atoms with Gasteiger partial charge in [0.25, 0.3) is 0 Å². The molecule has 0 N–H and O–H groups in total. The van der Waals surface area contributed by atoms with Gasteiger partial charge >= 0.3 is 0 Å². The fourth-order valence-electron chi connectivity index (χ4n) is 4.78. The van der Waals surface area contributed by atoms with Gasteiger partial charge in [-0.1, -0.05) is 30.3 Å². The van der Waals surface area contributed by atoms with Gasteiger partial charge in [-0.25, -0.2) is 0 Å². The van der Waals surface area contributed by atoms with Crippen molar-refractivity contribution in [2.24, 2.45) is 5.92 Å². The zero-order chi connectivity index (χ0) is 15.9. The molecule has 2 aliphatic heterocycles. The minimum atomic E-state index is -0.319. The zero-order valence-electron chi connectivity index (χ0n) is 13.8. The van der Waals surface area contributed by atoms with E-state index in [1.807, 2.05) is 0 Å². The number of rotatable bonds is 3. The van der Waals surface area contributed by atoms with Crippen LogP contribution in [0.15, 0.2) is 30.3 Å². The van der Waals surface area contributed by atoms with Crippen molar-refractivity contribution >= 4 is 11.6 Å². The summed E-state index contributed by atoms with van der Waals surface area (Å²) in [5.74, 6) is 0.406. The lowest BCUT2D eigenvalue weighted by atomic mass is 9.81. The lowest BCUT2D eigenvalue weighted by Gasteiger charge is -2.42. The van der Waals surface area contributed by atoms with Crippen molar-refractivity contribution in [3.05, 3.63) is 35.9 Å². The van der Waals surface area contributed by atoms with E-state index in [0.717, 1.165) is 38.5 Å². The molecule has 2 heterocycles. The van der Waals surface area contributed by atoms with Crippen molar-refractivity contribution < 1.29 is 9.47 Å². The van der Waals surface area contributed by atoms with E-state index in [9.17, 15) is 0 Å². The molecule has 4 atom stereocenters. The van der Waals surface area contributed by atoms with Crippen LogP contribution < -0.4 is 0 Å². The summed E-state index contributed by atoms with van der Waals surface area (Å²) in [6, 6.07) is 11.7. The maximum Gasteiger partial charge on any atom is 0.170 e. The summed E-state index contributed by atoms with van der Waals surface area (Å²) < 4.78 is 12.0. The summed E-state index contributed by atoms with van der Waals surface area (Å²) in [5, 5.41) is 0.172. The molecule has 3 fully saturated rings. The molecular formula is C19H26ClNO2. The predicted molar refractivity (Wildman–Crippen MR) is 91.5 cm³/mol. The number of ether oxygens (including phenoxy) is 2. The summed E-state index contributed by atoms with van der Waals surface area (Å²) in [4.78, 5) is 2.63. The van der Waals surface area contributed by atoms with Crippen molar-refractivity contribution in [3.8, 4) is 0 Å². The summed E-state index contributed by atoms with van der Waals surface area (Å²) in [7, 11) is 0. The normalized spacial score (nSPS) is 34.6. The molecule has 2 saturated heterocycles. The number of likely N-dealkylation sites (tertiary alicyclic amines) is 1. The Bertz CT molecular complexity index is 529. The second-order valence-corrected chi connectivity index (χ2v) is 8.00. The fraction of sp³-hybridized carbons (Fsp3) is 0.684. The Hall–Kier alpha value is -0.610. The predicted octanol–water partition coefficient (Wildman–Crippen LogP) is 3.80. The Morgan fingerprint density at radius 1 is 1.26 bits per heavy atom. The van der Waals surface area contributed by atoms with Crippen LogP contribution >= 0.6 is 11.6 Å². The minimum absolute atomic E-state index is 0.172. The second kappa shape index (κ2) is 6.36. The summed E-state index contributed by atoms with van der Waals surface area (Å²) in [6.45, 7) is 4.59. The average molecular weight is 336 g/mol. The van der Waals surface area contributed by atoms with Gasteiger partial charge in [-0.2, -0.15) is 0 Å². The minimum Gasteiger partial charge on any atom is -0.347 e. The van der Waals surface area contributed by atoms with E-state index in [0.29, 0.717) is 12.1 Å². The number of hydrogen-bond acceptors (Lipinski definition) is 3. The molecule has 0 bridgehead atoms. The number of alkyl halides is 1. The third-order valence-corrected chi connectivity index (χ3v) is 6.20. The van der Waals surface area contributed by atoms with E-state index in [1.165, 1.54) is 18.4 Å². The molecule has 0 amide bonds. The monoisotopic (exact) mass is 335 g/mol. The molecule has 1 saturated carbocycles. The van der Waals surface area contributed by atoms with Crippen LogP contribution in [0.3, 0.4) is 0 Å². The highest BCUT2D eigenvalue weighted by molar-refractivity contribution is 6.20. The quantitative estimate of drug-likeness (QED) is 0.784. The van der Waals surface area contributed by atoms with Gasteiger partial charge in [-0.05, 0) is 31.2 Å². The van der Waals surface area contributed by atoms with Crippen LogP contribution in [-0.2, 0) is 16.0 Å². The van der Waals surface area contributed by atoms with E-state index in [2.05, 4.69) is 42.2 Å². The topological polar surface area (TPSA) is 21.7 Å². The Labute approximate surface area is 143 Å². The van der Waals surface area contributed by atoms with Gasteiger partial charge in [-0.15, -0.1) is 11.6 Å². The van der Waals surface area contributed by atoms with Gasteiger partial charge in [0, 0.05) is 36.8 Å². The van der Waals surface area contributed by atoms with Crippen LogP contribution in [0.2, 0.25) is 0 Å². The van der Waals surface area contributed by atoms with Gasteiger partial charge < -0.3 is 9.47 Å². The SMILES string of the molecule is C[C@H](Cl)[C@@H]1C[C@H]2CCC3(C[C@H]2N1Cc1ccccc1)OCCO3. The Morgan fingerprint density at radius 3 is 2.70 bits per heavy atom. The van der Waals surface area contributed by atoms with E-state index in [4.69, 9.17) is 21.1 Å². The van der Waals surface area contributed by atoms with Gasteiger partial charge in [-0.3, -0.25) is 4.90 Å². The number of fused-ring (bicyclic) bond motifs is 1. The summed E-state index contributed by atoms with van der Waals surface area (Å²) in [6.07, 6.45) is 4.43. The molecule has 0 aromatic heterocycles. The molecule has 4 rings (SSSR count). The Balaban J connectivity index is 1.57. The molecule has 1 aromatic rings. The molecule has 1 aromatic carbocycles. The molecule has 0 radical (unpaired) electrons. The van der Waals surface area contributed by atoms with Crippen LogP contribution in [0.25, 0.3) is 0 Å². The van der Waals surface area contributed by atoms with E-state index < -0.39 is 0 Å². The average Bonchev–Trinajstić information content (AvgIpc) is 3.14. The van der Waals surface area contributed by atoms with Crippen molar-refractivity contribution in [2.45, 2.75) is 62.4 Å². The zero-order valence-corrected chi connectivity index (χ0v) is 14.5. The first kappa shape index (κ1) is 15.9. The summed E-state index contributed by atoms with van der Waals surface area (Å²) >= 11 is 6.56. The van der Waals surface area contributed by atoms with Crippen molar-refractivity contribution in [2.75, 3.05) is 13.2 Å². The molecule has 126 valence electrons. The molecule has 1 aliphatic carbocycles. The van der Waals surface area contributed by atoms with Crippen molar-refractivity contribution in [1.82, 2.24) is 4.90 Å². The van der Waals surface area contributed by atoms with Crippen LogP contribution in [0.5, 0.6) is 0 Å². The number of hydrogen-bond donors (Lipinski definition) is 0. The smallest absolute Gasteiger partial charge is 0.170 e. The van der Waals surface area contributed by atoms with Crippen molar-refractivity contribution in [1.29, 1.82) is 0 Å². The molecule has 3 aliphatic rings. The highest BCUT2D eigenvalue weighted by Crippen LogP contribution is 2.47. The first-order valence-corrected chi connectivity index (χ1v) is 9.32. The highest BCUT2D eigenvalue weighted by Gasteiger charge is 2.52. The lowest BCUT2D eigenvalue weighted by Crippen LogP contribution is -2.48. The number of nitrogens with zero attached hydrogens (tertiary/aromatic N) is 1. The van der Waals surface area contributed by atoms with Crippen LogP contribution in [-0.4, -0.2) is 41.4 Å². The van der Waals surface area contributed by atoms with Crippen LogP contribution in [0.4, 0.5) is 0 Å². The van der Waals surface area contributed by atoms with Crippen LogP contribution in [0, 0.1) is 5.92 Å². The number of benzene rings is 1. The molecule has 0 unspecified atom stereocenters. The maximum atomic E-state index is 6.56. The molecule has 23 heavy (non-hydrogen) atoms. The van der Waals surface area contributed by atoms with E-state index >= 15 is 0 Å². The van der Waals surface area contributed by atoms with Crippen LogP contribution in [0.1, 0.15) is 38.2 Å². The largest absolute Gasteiger partial charge is 0.347 e. The third-order valence-electron chi connectivity index (χ3n) is 5.91. The first-order valence-electron chi connectivity index (χ1n) is 8.88. The molecule has 3 nitrogen and oxygen atoms in total. The van der Waals surface area contributed by atoms with Gasteiger partial charge in [0.2, 0.25) is 0 Å². The fourth-order valence-corrected chi connectivity index (χ4v) is 5.03. The van der Waals surface area contributed by atoms with E-state index in [1.54, 1.807) is 0 Å². The Kier molecular flexibility index (Phi) is 4.39. The third kappa shape index (κ3) is 3.05.